The summed E-state index contributed by atoms with van der Waals surface area (Å²) in [7, 11) is 0. The van der Waals surface area contributed by atoms with Gasteiger partial charge in [0.25, 0.3) is 0 Å². The van der Waals surface area contributed by atoms with E-state index < -0.39 is 4.75 Å². The van der Waals surface area contributed by atoms with Crippen LogP contribution in [-0.2, 0) is 0 Å². The molecule has 0 spiro atoms. The second-order valence-corrected chi connectivity index (χ2v) is 10.0. The summed E-state index contributed by atoms with van der Waals surface area (Å²) in [5, 5.41) is 0. The summed E-state index contributed by atoms with van der Waals surface area (Å²) in [5.41, 5.74) is 0.653. The SMILES string of the molecule is O=C1c2cc(Br)cc(Br)c2OC[C@]1(CN1CCCC1)Sc1ccccc1. The standard InChI is InChI=1S/C20H19Br2NO2S/c21-14-10-16-18(17(22)11-14)25-13-20(19(16)24,12-23-8-4-5-9-23)26-15-6-2-1-3-7-15/h1-3,6-7,10-11H,4-5,8-9,12-13H2/t20-/m0/s1. The van der Waals surface area contributed by atoms with Crippen LogP contribution in [-0.4, -0.2) is 41.7 Å². The number of fused-ring (bicyclic) bond motifs is 1. The van der Waals surface area contributed by atoms with Gasteiger partial charge in [-0.05, 0) is 66.1 Å². The third kappa shape index (κ3) is 3.61. The number of thioether (sulfide) groups is 1. The van der Waals surface area contributed by atoms with E-state index >= 15 is 0 Å². The van der Waals surface area contributed by atoms with Gasteiger partial charge in [-0.3, -0.25) is 4.79 Å². The molecule has 3 nitrogen and oxygen atoms in total. The molecule has 0 aromatic heterocycles. The summed E-state index contributed by atoms with van der Waals surface area (Å²) in [6, 6.07) is 14.0. The Kier molecular flexibility index (Phi) is 5.46. The van der Waals surface area contributed by atoms with Gasteiger partial charge in [0.2, 0.25) is 0 Å². The van der Waals surface area contributed by atoms with Gasteiger partial charge in [-0.15, -0.1) is 11.8 Å². The quantitative estimate of drug-likeness (QED) is 0.565. The van der Waals surface area contributed by atoms with Crippen molar-refractivity contribution in [1.29, 1.82) is 0 Å². The van der Waals surface area contributed by atoms with Crippen LogP contribution >= 0.6 is 43.6 Å². The molecule has 0 amide bonds. The largest absolute Gasteiger partial charge is 0.490 e. The molecule has 2 aliphatic rings. The highest BCUT2D eigenvalue weighted by molar-refractivity contribution is 9.11. The molecule has 26 heavy (non-hydrogen) atoms. The number of hydrogen-bond acceptors (Lipinski definition) is 4. The molecule has 2 aromatic carbocycles. The van der Waals surface area contributed by atoms with Crippen LogP contribution in [0.3, 0.4) is 0 Å². The highest BCUT2D eigenvalue weighted by atomic mass is 79.9. The van der Waals surface area contributed by atoms with Gasteiger partial charge in [0.05, 0.1) is 10.0 Å². The molecule has 2 heterocycles. The van der Waals surface area contributed by atoms with Crippen molar-refractivity contribution in [1.82, 2.24) is 4.90 Å². The smallest absolute Gasteiger partial charge is 0.187 e. The summed E-state index contributed by atoms with van der Waals surface area (Å²) < 4.78 is 7.21. The Morgan fingerprint density at radius 2 is 1.85 bits per heavy atom. The Bertz CT molecular complexity index is 824. The summed E-state index contributed by atoms with van der Waals surface area (Å²) in [6.07, 6.45) is 2.41. The van der Waals surface area contributed by atoms with Gasteiger partial charge in [0.15, 0.2) is 5.78 Å². The number of halogens is 2. The number of likely N-dealkylation sites (tertiary alicyclic amines) is 1. The van der Waals surface area contributed by atoms with E-state index in [1.54, 1.807) is 11.8 Å². The normalized spacial score (nSPS) is 22.9. The first-order valence-electron chi connectivity index (χ1n) is 8.70. The van der Waals surface area contributed by atoms with E-state index in [9.17, 15) is 4.79 Å². The van der Waals surface area contributed by atoms with Crippen LogP contribution in [0.4, 0.5) is 0 Å². The maximum Gasteiger partial charge on any atom is 0.187 e. The average molecular weight is 497 g/mol. The molecular weight excluding hydrogens is 478 g/mol. The number of rotatable bonds is 4. The molecule has 6 heteroatoms. The zero-order valence-corrected chi connectivity index (χ0v) is 18.2. The molecule has 0 saturated carbocycles. The van der Waals surface area contributed by atoms with Gasteiger partial charge in [-0.25, -0.2) is 0 Å². The Morgan fingerprint density at radius 1 is 1.12 bits per heavy atom. The fourth-order valence-corrected chi connectivity index (χ4v) is 6.27. The highest BCUT2D eigenvalue weighted by Gasteiger charge is 2.47. The summed E-state index contributed by atoms with van der Waals surface area (Å²) in [4.78, 5) is 17.2. The topological polar surface area (TPSA) is 29.5 Å². The predicted molar refractivity (Wildman–Crippen MR) is 112 cm³/mol. The lowest BCUT2D eigenvalue weighted by atomic mass is 9.93. The molecule has 0 aliphatic carbocycles. The number of ketones is 1. The number of hydrogen-bond donors (Lipinski definition) is 0. The first-order chi connectivity index (χ1) is 12.6. The molecule has 0 bridgehead atoms. The third-order valence-electron chi connectivity index (χ3n) is 4.85. The van der Waals surface area contributed by atoms with E-state index in [1.807, 2.05) is 30.3 Å². The number of nitrogens with zero attached hydrogens (tertiary/aromatic N) is 1. The van der Waals surface area contributed by atoms with Crippen LogP contribution in [0.25, 0.3) is 0 Å². The van der Waals surface area contributed by atoms with Crippen molar-refractivity contribution in [3.8, 4) is 5.75 Å². The molecule has 2 aliphatic heterocycles. The molecule has 1 atom stereocenters. The summed E-state index contributed by atoms with van der Waals surface area (Å²) in [5.74, 6) is 0.811. The van der Waals surface area contributed by atoms with Crippen LogP contribution in [0.5, 0.6) is 5.75 Å². The molecule has 1 saturated heterocycles. The second kappa shape index (κ2) is 7.66. The van der Waals surface area contributed by atoms with Crippen LogP contribution in [0.15, 0.2) is 56.3 Å². The van der Waals surface area contributed by atoms with Crippen molar-refractivity contribution in [3.63, 3.8) is 0 Å². The van der Waals surface area contributed by atoms with Crippen LogP contribution < -0.4 is 4.74 Å². The van der Waals surface area contributed by atoms with Gasteiger partial charge in [-0.2, -0.15) is 0 Å². The van der Waals surface area contributed by atoms with Crippen molar-refractivity contribution < 1.29 is 9.53 Å². The molecule has 0 radical (unpaired) electrons. The zero-order valence-electron chi connectivity index (χ0n) is 14.2. The zero-order chi connectivity index (χ0) is 18.1. The van der Waals surface area contributed by atoms with Gasteiger partial charge in [-0.1, -0.05) is 34.1 Å². The highest BCUT2D eigenvalue weighted by Crippen LogP contribution is 2.45. The number of carbonyl (C=O) groups excluding carboxylic acids is 1. The molecular formula is C20H19Br2NO2S. The van der Waals surface area contributed by atoms with Crippen molar-refractivity contribution in [3.05, 3.63) is 57.0 Å². The van der Waals surface area contributed by atoms with Crippen molar-refractivity contribution in [2.45, 2.75) is 22.5 Å². The van der Waals surface area contributed by atoms with Crippen LogP contribution in [0.1, 0.15) is 23.2 Å². The van der Waals surface area contributed by atoms with Crippen molar-refractivity contribution >= 4 is 49.4 Å². The van der Waals surface area contributed by atoms with Crippen molar-refractivity contribution in [2.24, 2.45) is 0 Å². The maximum atomic E-state index is 13.7. The fourth-order valence-electron chi connectivity index (χ4n) is 3.62. The van der Waals surface area contributed by atoms with E-state index in [0.717, 1.165) is 33.5 Å². The predicted octanol–water partition coefficient (Wildman–Crippen LogP) is 5.41. The molecule has 136 valence electrons. The van der Waals surface area contributed by atoms with E-state index in [-0.39, 0.29) is 5.78 Å². The molecule has 0 unspecified atom stereocenters. The van der Waals surface area contributed by atoms with Gasteiger partial charge < -0.3 is 9.64 Å². The van der Waals surface area contributed by atoms with E-state index in [2.05, 4.69) is 48.9 Å². The number of ether oxygens (including phenoxy) is 1. The molecule has 0 N–H and O–H groups in total. The monoisotopic (exact) mass is 495 g/mol. The van der Waals surface area contributed by atoms with Gasteiger partial charge in [0.1, 0.15) is 17.1 Å². The van der Waals surface area contributed by atoms with Crippen LogP contribution in [0.2, 0.25) is 0 Å². The van der Waals surface area contributed by atoms with Crippen molar-refractivity contribution in [2.75, 3.05) is 26.2 Å². The number of Topliss-reactive ketones (excluding diaryl/α,β-unsaturated/α-hetero) is 1. The average Bonchev–Trinajstić information content (AvgIpc) is 3.12. The Morgan fingerprint density at radius 3 is 2.58 bits per heavy atom. The number of benzene rings is 2. The van der Waals surface area contributed by atoms with E-state index in [4.69, 9.17) is 4.74 Å². The summed E-state index contributed by atoms with van der Waals surface area (Å²) in [6.45, 7) is 3.21. The van der Waals surface area contributed by atoms with Gasteiger partial charge in [0, 0.05) is 15.9 Å². The minimum atomic E-state index is -0.626. The lowest BCUT2D eigenvalue weighted by molar-refractivity contribution is 0.0831. The Labute approximate surface area is 174 Å². The third-order valence-corrected chi connectivity index (χ3v) is 7.23. The van der Waals surface area contributed by atoms with E-state index in [1.165, 1.54) is 12.8 Å². The fraction of sp³-hybridized carbons (Fsp3) is 0.350. The lowest BCUT2D eigenvalue weighted by Gasteiger charge is -2.38. The van der Waals surface area contributed by atoms with Crippen LogP contribution in [0, 0.1) is 0 Å². The second-order valence-electron chi connectivity index (χ2n) is 6.77. The molecule has 2 aromatic rings. The number of carbonyl (C=O) groups is 1. The lowest BCUT2D eigenvalue weighted by Crippen LogP contribution is -2.52. The minimum absolute atomic E-state index is 0.154. The summed E-state index contributed by atoms with van der Waals surface area (Å²) >= 11 is 8.67. The first-order valence-corrected chi connectivity index (χ1v) is 11.1. The Hall–Kier alpha value is -0.820. The minimum Gasteiger partial charge on any atom is -0.490 e. The maximum absolute atomic E-state index is 13.7. The molecule has 1 fully saturated rings. The molecule has 4 rings (SSSR count). The van der Waals surface area contributed by atoms with Gasteiger partial charge >= 0.3 is 0 Å². The van der Waals surface area contributed by atoms with E-state index in [0.29, 0.717) is 17.9 Å². The first kappa shape index (κ1) is 18.5. The Balaban J connectivity index is 1.73.